The van der Waals surface area contributed by atoms with Crippen molar-refractivity contribution in [2.45, 2.75) is 134 Å². The summed E-state index contributed by atoms with van der Waals surface area (Å²) in [7, 11) is 2.96. The smallest absolute Gasteiger partial charge is 0.416 e. The number of likely N-dealkylation sites (tertiary alicyclic amines) is 1. The van der Waals surface area contributed by atoms with Crippen LogP contribution in [0, 0.1) is 5.92 Å². The van der Waals surface area contributed by atoms with Crippen LogP contribution < -0.4 is 50.8 Å². The molecule has 7 atom stereocenters. The van der Waals surface area contributed by atoms with Gasteiger partial charge in [0.15, 0.2) is 29.2 Å². The maximum absolute atomic E-state index is 14.3. The molecule has 36 heteroatoms. The van der Waals surface area contributed by atoms with Gasteiger partial charge in [0, 0.05) is 74.5 Å². The number of aliphatic carboxylic acids is 1. The summed E-state index contributed by atoms with van der Waals surface area (Å²) in [6, 6.07) is 8.74. The number of aliphatic imine (C=N–C) groups is 1. The molecule has 3 aromatic rings. The highest BCUT2D eigenvalue weighted by atomic mass is 32.2. The van der Waals surface area contributed by atoms with E-state index >= 15 is 0 Å². The first kappa shape index (κ1) is 90.2. The van der Waals surface area contributed by atoms with E-state index in [-0.39, 0.29) is 124 Å². The fourth-order valence-electron chi connectivity index (χ4n) is 12.4. The Balaban J connectivity index is 0.626. The number of unbranched alkanes of at least 4 members (excludes halogenated alkanes) is 2. The number of carboxylic acids is 1. The Morgan fingerprint density at radius 2 is 1.16 bits per heavy atom. The number of aliphatic hydroxyl groups excluding tert-OH is 1. The third kappa shape index (κ3) is 27.4. The molecule has 0 aromatic heterocycles. The van der Waals surface area contributed by atoms with Crippen molar-refractivity contribution < 1.29 is 120 Å². The van der Waals surface area contributed by atoms with Gasteiger partial charge in [0.25, 0.3) is 11.8 Å². The Hall–Kier alpha value is -9.34. The van der Waals surface area contributed by atoms with Crippen molar-refractivity contribution in [1.82, 2.24) is 30.7 Å². The maximum Gasteiger partial charge on any atom is 0.416 e. The first-order valence-electron chi connectivity index (χ1n) is 38.2. The molecule has 0 aliphatic carbocycles. The van der Waals surface area contributed by atoms with Crippen molar-refractivity contribution in [3.05, 3.63) is 88.8 Å². The summed E-state index contributed by atoms with van der Waals surface area (Å²) in [5.74, 6) is -3.51. The molecular formula is C78H108N10O25S. The van der Waals surface area contributed by atoms with E-state index < -0.39 is 83.2 Å². The van der Waals surface area contributed by atoms with E-state index in [4.69, 9.17) is 72.4 Å². The van der Waals surface area contributed by atoms with Gasteiger partial charge in [-0.25, -0.2) is 9.69 Å². The topological polar surface area (TPSA) is 431 Å². The van der Waals surface area contributed by atoms with Crippen LogP contribution in [0.15, 0.2) is 77.1 Å². The van der Waals surface area contributed by atoms with Crippen LogP contribution in [-0.4, -0.2) is 284 Å². The zero-order valence-electron chi connectivity index (χ0n) is 65.7. The molecule has 35 nitrogen and oxygen atoms in total. The number of carbonyl (C=O) groups excluding carboxylic acids is 9. The van der Waals surface area contributed by atoms with E-state index in [1.165, 1.54) is 38.2 Å². The van der Waals surface area contributed by atoms with Gasteiger partial charge in [-0.1, -0.05) is 37.1 Å². The van der Waals surface area contributed by atoms with Crippen LogP contribution >= 0.6 is 11.8 Å². The quantitative estimate of drug-likeness (QED) is 0.0299. The Labute approximate surface area is 666 Å². The Morgan fingerprint density at radius 3 is 1.74 bits per heavy atom. The van der Waals surface area contributed by atoms with Crippen LogP contribution in [0.4, 0.5) is 21.9 Å². The second-order valence-electron chi connectivity index (χ2n) is 27.6. The van der Waals surface area contributed by atoms with E-state index in [1.54, 1.807) is 67.6 Å². The van der Waals surface area contributed by atoms with E-state index in [0.717, 1.165) is 39.1 Å². The number of rotatable bonds is 52. The number of nitrogens with zero attached hydrogens (tertiary/aromatic N) is 5. The SMILES string of the molecule is COc1cc2c(cc1OCCCCCOc1cc3c(cc1OC)C(=O)N1C=C(C)C[C@H]1[C@H](O)N3C(=O)OCc1ccc(NC(=O)[C@H](C)NC(=O)[C@@H](NC(=O)CCOCCOCCOCCOCCOCCOCCOCCOCCNC(=O)CCN3C(=O)C[C@@H](SC[C@H](N)C(=O)O)C3=O)C(C)C)cc1)N=C[C@@H]1CC(C)=CN1C2=O. The molecule has 114 heavy (non-hydrogen) atoms. The number of ether oxygens (including phenoxy) is 13. The Morgan fingerprint density at radius 1 is 0.614 bits per heavy atom. The molecule has 5 heterocycles. The highest BCUT2D eigenvalue weighted by Gasteiger charge is 2.46. The van der Waals surface area contributed by atoms with Crippen molar-refractivity contribution in [3.8, 4) is 23.0 Å². The Bertz CT molecular complexity index is 3850. The number of thioether (sulfide) groups is 1. The van der Waals surface area contributed by atoms with Crippen molar-refractivity contribution in [2.75, 3.05) is 162 Å². The number of nitrogens with two attached hydrogens (primary N) is 1. The second-order valence-corrected chi connectivity index (χ2v) is 28.9. The van der Waals surface area contributed by atoms with Gasteiger partial charge in [-0.2, -0.15) is 0 Å². The van der Waals surface area contributed by atoms with Gasteiger partial charge in [-0.15, -0.1) is 11.8 Å². The second kappa shape index (κ2) is 46.9. The fraction of sp³-hybridized carbons (Fsp3) is 0.577. The van der Waals surface area contributed by atoms with Gasteiger partial charge >= 0.3 is 12.1 Å². The predicted octanol–water partition coefficient (Wildman–Crippen LogP) is 4.65. The van der Waals surface area contributed by atoms with Crippen molar-refractivity contribution in [2.24, 2.45) is 16.6 Å². The number of hydrogen-bond acceptors (Lipinski definition) is 27. The van der Waals surface area contributed by atoms with Gasteiger partial charge in [0.05, 0.1) is 173 Å². The largest absolute Gasteiger partial charge is 0.493 e. The molecule has 8 N–H and O–H groups in total. The fourth-order valence-corrected chi connectivity index (χ4v) is 13.5. The molecule has 0 bridgehead atoms. The number of aliphatic hydroxyl groups is 1. The highest BCUT2D eigenvalue weighted by molar-refractivity contribution is 8.00. The van der Waals surface area contributed by atoms with E-state index in [9.17, 15) is 53.1 Å². The predicted molar refractivity (Wildman–Crippen MR) is 416 cm³/mol. The molecule has 3 aromatic carbocycles. The molecule has 8 rings (SSSR count). The normalized spacial score (nSPS) is 17.7. The molecule has 0 saturated carbocycles. The summed E-state index contributed by atoms with van der Waals surface area (Å²) >= 11 is 1.02. The molecule has 5 aliphatic rings. The lowest BCUT2D eigenvalue weighted by Gasteiger charge is -2.31. The number of benzene rings is 3. The van der Waals surface area contributed by atoms with Crippen LogP contribution in [0.1, 0.15) is 112 Å². The van der Waals surface area contributed by atoms with E-state index in [1.807, 2.05) is 20.0 Å². The van der Waals surface area contributed by atoms with Crippen LogP contribution in [0.25, 0.3) is 0 Å². The van der Waals surface area contributed by atoms with Crippen LogP contribution in [-0.2, 0) is 82.8 Å². The molecule has 0 spiro atoms. The third-order valence-corrected chi connectivity index (χ3v) is 19.9. The minimum Gasteiger partial charge on any atom is -0.493 e. The van der Waals surface area contributed by atoms with Gasteiger partial charge < -0.3 is 109 Å². The average molecular weight is 1620 g/mol. The number of imide groups is 1. The lowest BCUT2D eigenvalue weighted by atomic mass is 10.0. The molecular weight excluding hydrogens is 1510 g/mol. The molecule has 1 saturated heterocycles. The molecule has 5 aliphatic heterocycles. The summed E-state index contributed by atoms with van der Waals surface area (Å²) in [5.41, 5.74) is 9.37. The van der Waals surface area contributed by atoms with Crippen LogP contribution in [0.3, 0.4) is 0 Å². The van der Waals surface area contributed by atoms with E-state index in [0.29, 0.717) is 146 Å². The molecule has 0 unspecified atom stereocenters. The van der Waals surface area contributed by atoms with Crippen LogP contribution in [0.2, 0.25) is 0 Å². The minimum absolute atomic E-state index is 0.00805. The number of hydrogen-bond donors (Lipinski definition) is 7. The van der Waals surface area contributed by atoms with Gasteiger partial charge in [0.2, 0.25) is 35.4 Å². The average Bonchev–Trinajstić information content (AvgIpc) is 1.71. The number of carbonyl (C=O) groups is 10. The first-order chi connectivity index (χ1) is 55.0. The van der Waals surface area contributed by atoms with E-state index in [2.05, 4.69) is 26.3 Å². The standard InChI is InChI=1S/C78H108N10O25S/c1-49(2)70(84-68(90)16-21-103-23-25-105-27-29-107-31-33-109-35-36-110-34-32-108-30-28-106-26-24-104-22-17-80-67(89)15-18-85-69(91)43-66(76(85)97)114-48-58(79)77(98)99)72(93)82-52(5)71(92)83-54-13-11-53(12-14-54)47-113-78(100)88-60-42-65(63(102-7)40-57(60)74(95)87-46-51(4)38-61(87)75(88)96)112-20-10-8-9-19-111-64-41-59-56(39-62(64)101-6)73(94)86-45-50(3)37-55(86)44-81-59/h11-14,39-42,44-46,49,52,55,58,61,66,70,75,96H,8-10,15-38,43,47-48,79H2,1-7H3,(H,80,89)(H,82,93)(H,83,92)(H,84,90)(H,98,99)/t52-,55-,58-,61-,66+,70-,75-/m0/s1. The third-order valence-electron chi connectivity index (χ3n) is 18.6. The zero-order chi connectivity index (χ0) is 82.1. The lowest BCUT2D eigenvalue weighted by molar-refractivity contribution is -0.139. The molecule has 1 fully saturated rings. The maximum atomic E-state index is 14.3. The number of amides is 9. The van der Waals surface area contributed by atoms with Crippen molar-refractivity contribution in [3.63, 3.8) is 0 Å². The van der Waals surface area contributed by atoms with Gasteiger partial charge in [-0.05, 0) is 88.6 Å². The molecule has 9 amide bonds. The number of anilines is 2. The van der Waals surface area contributed by atoms with Gasteiger partial charge in [-0.3, -0.25) is 53.0 Å². The van der Waals surface area contributed by atoms with Gasteiger partial charge in [0.1, 0.15) is 24.7 Å². The number of carboxylic acid groups (broad SMARTS) is 1. The summed E-state index contributed by atoms with van der Waals surface area (Å²) in [5, 5.41) is 31.0. The molecule has 626 valence electrons. The van der Waals surface area contributed by atoms with Crippen molar-refractivity contribution in [1.29, 1.82) is 0 Å². The minimum atomic E-state index is -1.53. The summed E-state index contributed by atoms with van der Waals surface area (Å²) in [4.78, 5) is 139. The lowest BCUT2D eigenvalue weighted by Crippen LogP contribution is -2.53. The summed E-state index contributed by atoms with van der Waals surface area (Å²) in [6.07, 6.45) is 5.60. The number of fused-ring (bicyclic) bond motifs is 4. The Kier molecular flexibility index (Phi) is 37.1. The molecule has 0 radical (unpaired) electrons. The number of nitrogens with one attached hydrogen (secondary N) is 4. The van der Waals surface area contributed by atoms with Crippen molar-refractivity contribution >= 4 is 94.4 Å². The van der Waals surface area contributed by atoms with Crippen LogP contribution in [0.5, 0.6) is 23.0 Å². The summed E-state index contributed by atoms with van der Waals surface area (Å²) in [6.45, 7) is 14.4. The zero-order valence-corrected chi connectivity index (χ0v) is 66.5. The monoisotopic (exact) mass is 1620 g/mol. The highest BCUT2D eigenvalue weighted by Crippen LogP contribution is 2.43. The number of methoxy groups -OCH3 is 2. The summed E-state index contributed by atoms with van der Waals surface area (Å²) < 4.78 is 73.6. The first-order valence-corrected chi connectivity index (χ1v) is 39.2.